The number of hydrogen-bond donors (Lipinski definition) is 0. The molecule has 0 unspecified atom stereocenters. The first kappa shape index (κ1) is 18.4. The van der Waals surface area contributed by atoms with Crippen LogP contribution in [0.15, 0.2) is 67.1 Å². The molecular formula is C23H22N6O. The van der Waals surface area contributed by atoms with Crippen molar-refractivity contribution in [1.29, 1.82) is 0 Å². The summed E-state index contributed by atoms with van der Waals surface area (Å²) in [5.41, 5.74) is 4.38. The molecule has 150 valence electrons. The Balaban J connectivity index is 1.17. The second-order valence-corrected chi connectivity index (χ2v) is 7.42. The summed E-state index contributed by atoms with van der Waals surface area (Å²) in [6, 6.07) is 13.7. The summed E-state index contributed by atoms with van der Waals surface area (Å²) < 4.78 is 2.04. The Morgan fingerprint density at radius 2 is 1.77 bits per heavy atom. The SMILES string of the molecule is O=C(/C=C/c1cnc2ccccc2n1)N1CCN(Cc2cn3ccccc3n2)CC1. The summed E-state index contributed by atoms with van der Waals surface area (Å²) in [7, 11) is 0. The zero-order valence-corrected chi connectivity index (χ0v) is 16.6. The summed E-state index contributed by atoms with van der Waals surface area (Å²) in [5, 5.41) is 0. The van der Waals surface area contributed by atoms with E-state index in [1.165, 1.54) is 0 Å². The van der Waals surface area contributed by atoms with Crippen LogP contribution < -0.4 is 0 Å². The van der Waals surface area contributed by atoms with Crippen LogP contribution in [-0.2, 0) is 11.3 Å². The van der Waals surface area contributed by atoms with Crippen LogP contribution in [0.4, 0.5) is 0 Å². The van der Waals surface area contributed by atoms with E-state index in [9.17, 15) is 4.79 Å². The summed E-state index contributed by atoms with van der Waals surface area (Å²) in [6.45, 7) is 3.89. The summed E-state index contributed by atoms with van der Waals surface area (Å²) in [6.07, 6.45) is 9.11. The fourth-order valence-electron chi connectivity index (χ4n) is 3.73. The predicted octanol–water partition coefficient (Wildman–Crippen LogP) is 2.64. The smallest absolute Gasteiger partial charge is 0.246 e. The minimum Gasteiger partial charge on any atom is -0.337 e. The molecule has 1 aliphatic rings. The molecule has 4 heterocycles. The third-order valence-corrected chi connectivity index (χ3v) is 5.35. The maximum atomic E-state index is 12.6. The number of benzene rings is 1. The molecule has 1 amide bonds. The summed E-state index contributed by atoms with van der Waals surface area (Å²) >= 11 is 0. The normalized spacial score (nSPS) is 15.4. The Kier molecular flexibility index (Phi) is 4.94. The highest BCUT2D eigenvalue weighted by Crippen LogP contribution is 2.12. The Morgan fingerprint density at radius 1 is 0.967 bits per heavy atom. The van der Waals surface area contributed by atoms with Crippen molar-refractivity contribution in [1.82, 2.24) is 29.2 Å². The molecule has 7 nitrogen and oxygen atoms in total. The minimum absolute atomic E-state index is 0.0114. The van der Waals surface area contributed by atoms with Crippen molar-refractivity contribution in [2.45, 2.75) is 6.54 Å². The van der Waals surface area contributed by atoms with E-state index < -0.39 is 0 Å². The number of para-hydroxylation sites is 2. The van der Waals surface area contributed by atoms with E-state index in [1.54, 1.807) is 18.3 Å². The molecule has 0 aliphatic carbocycles. The lowest BCUT2D eigenvalue weighted by Gasteiger charge is -2.33. The van der Waals surface area contributed by atoms with Gasteiger partial charge in [-0.15, -0.1) is 0 Å². The molecule has 1 fully saturated rings. The van der Waals surface area contributed by atoms with E-state index in [-0.39, 0.29) is 5.91 Å². The zero-order chi connectivity index (χ0) is 20.3. The van der Waals surface area contributed by atoms with Gasteiger partial charge in [-0.05, 0) is 30.3 Å². The van der Waals surface area contributed by atoms with E-state index >= 15 is 0 Å². The molecule has 30 heavy (non-hydrogen) atoms. The van der Waals surface area contributed by atoms with Crippen molar-refractivity contribution >= 4 is 28.7 Å². The van der Waals surface area contributed by atoms with E-state index in [4.69, 9.17) is 0 Å². The maximum Gasteiger partial charge on any atom is 0.246 e. The maximum absolute atomic E-state index is 12.6. The van der Waals surface area contributed by atoms with Crippen LogP contribution >= 0.6 is 0 Å². The monoisotopic (exact) mass is 398 g/mol. The third-order valence-electron chi connectivity index (χ3n) is 5.35. The third kappa shape index (κ3) is 3.92. The van der Waals surface area contributed by atoms with Crippen LogP contribution in [0.3, 0.4) is 0 Å². The van der Waals surface area contributed by atoms with E-state index in [1.807, 2.05) is 58.0 Å². The molecule has 3 aromatic heterocycles. The molecule has 7 heteroatoms. The molecule has 0 saturated carbocycles. The number of hydrogen-bond acceptors (Lipinski definition) is 5. The van der Waals surface area contributed by atoms with Gasteiger partial charge in [0.2, 0.25) is 5.91 Å². The molecule has 0 bridgehead atoms. The van der Waals surface area contributed by atoms with Gasteiger partial charge in [-0.2, -0.15) is 0 Å². The molecule has 0 N–H and O–H groups in total. The highest BCUT2D eigenvalue weighted by atomic mass is 16.2. The molecule has 5 rings (SSSR count). The van der Waals surface area contributed by atoms with Gasteiger partial charge in [0.25, 0.3) is 0 Å². The van der Waals surface area contributed by atoms with Crippen molar-refractivity contribution in [3.8, 4) is 0 Å². The fourth-order valence-corrected chi connectivity index (χ4v) is 3.73. The van der Waals surface area contributed by atoms with Crippen LogP contribution in [0, 0.1) is 0 Å². The number of piperazine rings is 1. The van der Waals surface area contributed by atoms with Crippen LogP contribution in [0.5, 0.6) is 0 Å². The van der Waals surface area contributed by atoms with Crippen LogP contribution in [-0.4, -0.2) is 61.2 Å². The first-order valence-corrected chi connectivity index (χ1v) is 10.1. The Morgan fingerprint density at radius 3 is 2.60 bits per heavy atom. The molecule has 1 aromatic carbocycles. The topological polar surface area (TPSA) is 66.6 Å². The van der Waals surface area contributed by atoms with Crippen molar-refractivity contribution in [2.24, 2.45) is 0 Å². The average molecular weight is 398 g/mol. The number of aromatic nitrogens is 4. The Bertz CT molecular complexity index is 1190. The number of pyridine rings is 1. The predicted molar refractivity (Wildman–Crippen MR) is 116 cm³/mol. The zero-order valence-electron chi connectivity index (χ0n) is 16.6. The fraction of sp³-hybridized carbons (Fsp3) is 0.217. The van der Waals surface area contributed by atoms with Gasteiger partial charge in [0.15, 0.2) is 0 Å². The molecule has 0 atom stereocenters. The first-order chi connectivity index (χ1) is 14.7. The summed E-state index contributed by atoms with van der Waals surface area (Å²) in [4.78, 5) is 30.4. The van der Waals surface area contributed by atoms with E-state index in [0.717, 1.165) is 42.0 Å². The lowest BCUT2D eigenvalue weighted by molar-refractivity contribution is -0.127. The largest absolute Gasteiger partial charge is 0.337 e. The van der Waals surface area contributed by atoms with Crippen LogP contribution in [0.1, 0.15) is 11.4 Å². The van der Waals surface area contributed by atoms with Crippen LogP contribution in [0.25, 0.3) is 22.8 Å². The van der Waals surface area contributed by atoms with Gasteiger partial charge >= 0.3 is 0 Å². The van der Waals surface area contributed by atoms with Crippen molar-refractivity contribution in [3.05, 3.63) is 78.5 Å². The number of imidazole rings is 1. The quantitative estimate of drug-likeness (QED) is 0.495. The standard InChI is InChI=1S/C23H22N6O/c30-23(9-8-18-15-24-20-5-1-2-6-21(20)25-18)28-13-11-27(12-14-28)16-19-17-29-10-4-3-7-22(29)26-19/h1-10,15,17H,11-14,16H2/b9-8+. The van der Waals surface area contributed by atoms with Gasteiger partial charge < -0.3 is 9.30 Å². The van der Waals surface area contributed by atoms with Gasteiger partial charge in [0.1, 0.15) is 5.65 Å². The van der Waals surface area contributed by atoms with Crippen molar-refractivity contribution in [2.75, 3.05) is 26.2 Å². The lowest BCUT2D eigenvalue weighted by Crippen LogP contribution is -2.47. The number of carbonyl (C=O) groups excluding carboxylic acids is 1. The number of carbonyl (C=O) groups is 1. The first-order valence-electron chi connectivity index (χ1n) is 10.1. The number of rotatable bonds is 4. The van der Waals surface area contributed by atoms with Gasteiger partial charge in [0, 0.05) is 51.2 Å². The van der Waals surface area contributed by atoms with Crippen molar-refractivity contribution < 1.29 is 4.79 Å². The Hall–Kier alpha value is -3.58. The summed E-state index contributed by atoms with van der Waals surface area (Å²) in [5.74, 6) is 0.0114. The Labute approximate surface area is 174 Å². The molecule has 4 aromatic rings. The van der Waals surface area contributed by atoms with Gasteiger partial charge in [0.05, 0.1) is 28.6 Å². The van der Waals surface area contributed by atoms with Crippen molar-refractivity contribution in [3.63, 3.8) is 0 Å². The molecule has 0 spiro atoms. The van der Waals surface area contributed by atoms with Gasteiger partial charge in [-0.25, -0.2) is 9.97 Å². The molecule has 1 aliphatic heterocycles. The highest BCUT2D eigenvalue weighted by molar-refractivity contribution is 5.91. The van der Waals surface area contributed by atoms with Gasteiger partial charge in [-0.1, -0.05) is 18.2 Å². The second kappa shape index (κ2) is 8.04. The average Bonchev–Trinajstić information content (AvgIpc) is 3.20. The molecular weight excluding hydrogens is 376 g/mol. The molecule has 0 radical (unpaired) electrons. The number of fused-ring (bicyclic) bond motifs is 2. The van der Waals surface area contributed by atoms with Crippen LogP contribution in [0.2, 0.25) is 0 Å². The molecule has 1 saturated heterocycles. The highest BCUT2D eigenvalue weighted by Gasteiger charge is 2.20. The number of nitrogens with zero attached hydrogens (tertiary/aromatic N) is 6. The van der Waals surface area contributed by atoms with E-state index in [0.29, 0.717) is 18.8 Å². The van der Waals surface area contributed by atoms with Gasteiger partial charge in [-0.3, -0.25) is 14.7 Å². The lowest BCUT2D eigenvalue weighted by atomic mass is 10.2. The number of amides is 1. The van der Waals surface area contributed by atoms with E-state index in [2.05, 4.69) is 26.0 Å². The minimum atomic E-state index is 0.0114. The second-order valence-electron chi connectivity index (χ2n) is 7.42.